The fourth-order valence-corrected chi connectivity index (χ4v) is 7.05. The molecular formula is C28H31F2N5O2SSi. The van der Waals surface area contributed by atoms with Gasteiger partial charge in [0.2, 0.25) is 5.91 Å². The SMILES string of the molecule is C[C@]1(c2cc(/C=C(\F)c3cnc(C#C[Si](C)(C)C)cn3)ccc2F)N=C(N)S[C@@]2(C(=O)N3CCOCC3)C[C@H]21. The monoisotopic (exact) mass is 567 g/mol. The minimum absolute atomic E-state index is 0.0102. The molecule has 0 spiro atoms. The van der Waals surface area contributed by atoms with Crippen molar-refractivity contribution in [3.63, 3.8) is 0 Å². The molecule has 2 fully saturated rings. The van der Waals surface area contributed by atoms with Gasteiger partial charge in [-0.2, -0.15) is 0 Å². The van der Waals surface area contributed by atoms with Crippen molar-refractivity contribution in [1.82, 2.24) is 14.9 Å². The highest BCUT2D eigenvalue weighted by Gasteiger charge is 2.71. The van der Waals surface area contributed by atoms with Gasteiger partial charge >= 0.3 is 0 Å². The van der Waals surface area contributed by atoms with Gasteiger partial charge in [0.05, 0.1) is 31.1 Å². The van der Waals surface area contributed by atoms with Gasteiger partial charge in [0.1, 0.15) is 30.0 Å². The summed E-state index contributed by atoms with van der Waals surface area (Å²) in [6.45, 7) is 10.2. The number of nitrogens with zero attached hydrogens (tertiary/aromatic N) is 4. The highest BCUT2D eigenvalue weighted by atomic mass is 32.2. The molecule has 7 nitrogen and oxygen atoms in total. The molecule has 0 unspecified atom stereocenters. The zero-order valence-corrected chi connectivity index (χ0v) is 24.2. The highest BCUT2D eigenvalue weighted by molar-refractivity contribution is 8.15. The minimum atomic E-state index is -1.57. The number of thioether (sulfide) groups is 1. The van der Waals surface area contributed by atoms with E-state index in [1.54, 1.807) is 17.9 Å². The van der Waals surface area contributed by atoms with Gasteiger partial charge in [-0.15, -0.1) is 5.54 Å². The second-order valence-electron chi connectivity index (χ2n) is 11.3. The number of halogens is 2. The first-order valence-electron chi connectivity index (χ1n) is 12.9. The van der Waals surface area contributed by atoms with Gasteiger partial charge in [-0.3, -0.25) is 9.79 Å². The molecule has 1 saturated carbocycles. The number of carbonyl (C=O) groups excluding carboxylic acids is 1. The molecule has 2 N–H and O–H groups in total. The second-order valence-corrected chi connectivity index (χ2v) is 17.4. The maximum atomic E-state index is 15.3. The van der Waals surface area contributed by atoms with Crippen LogP contribution in [0.3, 0.4) is 0 Å². The summed E-state index contributed by atoms with van der Waals surface area (Å²) in [5.74, 6) is 1.65. The number of amidine groups is 1. The third-order valence-electron chi connectivity index (χ3n) is 7.17. The van der Waals surface area contributed by atoms with Crippen LogP contribution in [0.5, 0.6) is 0 Å². The Hall–Kier alpha value is -3.07. The average Bonchev–Trinajstić information content (AvgIpc) is 3.65. The van der Waals surface area contributed by atoms with Crippen molar-refractivity contribution >= 4 is 42.8 Å². The Bertz CT molecular complexity index is 1430. The summed E-state index contributed by atoms with van der Waals surface area (Å²) in [5.41, 5.74) is 9.60. The number of morpholine rings is 1. The fourth-order valence-electron chi connectivity index (χ4n) is 5.10. The molecule has 0 bridgehead atoms. The topological polar surface area (TPSA) is 93.7 Å². The zero-order valence-electron chi connectivity index (χ0n) is 22.4. The van der Waals surface area contributed by atoms with Crippen LogP contribution >= 0.6 is 11.8 Å². The molecule has 2 aliphatic heterocycles. The zero-order chi connectivity index (χ0) is 28.0. The van der Waals surface area contributed by atoms with Crippen LogP contribution in [-0.4, -0.2) is 65.1 Å². The molecule has 1 aliphatic carbocycles. The molecule has 1 aromatic heterocycles. The molecule has 1 saturated heterocycles. The smallest absolute Gasteiger partial charge is 0.239 e. The summed E-state index contributed by atoms with van der Waals surface area (Å²) in [4.78, 5) is 28.3. The van der Waals surface area contributed by atoms with Gasteiger partial charge < -0.3 is 15.4 Å². The first kappa shape index (κ1) is 27.5. The number of benzene rings is 1. The van der Waals surface area contributed by atoms with Crippen LogP contribution in [0.15, 0.2) is 35.6 Å². The third kappa shape index (κ3) is 5.51. The van der Waals surface area contributed by atoms with Crippen molar-refractivity contribution in [3.8, 4) is 11.5 Å². The third-order valence-corrected chi connectivity index (χ3v) is 9.33. The van der Waals surface area contributed by atoms with E-state index in [1.807, 2.05) is 0 Å². The van der Waals surface area contributed by atoms with Crippen LogP contribution in [0.4, 0.5) is 8.78 Å². The van der Waals surface area contributed by atoms with E-state index in [9.17, 15) is 4.79 Å². The molecule has 0 radical (unpaired) electrons. The predicted octanol–water partition coefficient (Wildman–Crippen LogP) is 4.21. The largest absolute Gasteiger partial charge is 0.378 e. The summed E-state index contributed by atoms with van der Waals surface area (Å²) in [7, 11) is -1.57. The van der Waals surface area contributed by atoms with E-state index >= 15 is 8.78 Å². The Balaban J connectivity index is 1.42. The van der Waals surface area contributed by atoms with E-state index in [2.05, 4.69) is 46.1 Å². The number of hydrogen-bond donors (Lipinski definition) is 1. The Kier molecular flexibility index (Phi) is 7.16. The van der Waals surface area contributed by atoms with Crippen LogP contribution in [0.2, 0.25) is 19.6 Å². The van der Waals surface area contributed by atoms with E-state index in [1.165, 1.54) is 42.4 Å². The molecule has 204 valence electrons. The lowest BCUT2D eigenvalue weighted by molar-refractivity contribution is -0.135. The lowest BCUT2D eigenvalue weighted by atomic mass is 9.84. The summed E-state index contributed by atoms with van der Waals surface area (Å²) in [6.07, 6.45) is 4.60. The van der Waals surface area contributed by atoms with Crippen LogP contribution in [-0.2, 0) is 15.1 Å². The van der Waals surface area contributed by atoms with Crippen molar-refractivity contribution in [2.45, 2.75) is 43.3 Å². The normalized spacial score (nSPS) is 26.7. The van der Waals surface area contributed by atoms with Crippen LogP contribution < -0.4 is 5.73 Å². The number of nitrogens with two attached hydrogens (primary N) is 1. The minimum Gasteiger partial charge on any atom is -0.378 e. The first-order chi connectivity index (χ1) is 18.4. The van der Waals surface area contributed by atoms with Crippen molar-refractivity contribution in [1.29, 1.82) is 0 Å². The standard InChI is InChI=1S/C28H31F2N5O2SSi/c1-27(24-15-28(24,38-26(31)34-27)25(36)35-8-10-37-11-9-35)20-13-18(5-6-21(20)29)14-22(30)23-17-32-19(16-33-23)7-12-39(2,3)4/h5-6,13-14,16-17,24H,8-11,15H2,1-4H3,(H2,31,34)/b22-14-/t24-,27+,28-/m0/s1. The van der Waals surface area contributed by atoms with Crippen LogP contribution in [0.1, 0.15) is 35.9 Å². The number of aromatic nitrogens is 2. The molecule has 3 heterocycles. The van der Waals surface area contributed by atoms with Crippen molar-refractivity contribution in [3.05, 3.63) is 58.9 Å². The second kappa shape index (κ2) is 10.2. The highest BCUT2D eigenvalue weighted by Crippen LogP contribution is 2.66. The molecule has 2 aromatic rings. The molecule has 39 heavy (non-hydrogen) atoms. The lowest BCUT2D eigenvalue weighted by Gasteiger charge is -2.36. The maximum absolute atomic E-state index is 15.3. The lowest BCUT2D eigenvalue weighted by Crippen LogP contribution is -2.49. The predicted molar refractivity (Wildman–Crippen MR) is 152 cm³/mol. The number of hydrogen-bond acceptors (Lipinski definition) is 7. The summed E-state index contributed by atoms with van der Waals surface area (Å²) in [5, 5.41) is 0.243. The van der Waals surface area contributed by atoms with E-state index in [0.717, 1.165) is 0 Å². The van der Waals surface area contributed by atoms with E-state index in [0.29, 0.717) is 44.0 Å². The van der Waals surface area contributed by atoms with Crippen LogP contribution in [0, 0.1) is 23.2 Å². The fraction of sp³-hybridized carbons (Fsp3) is 0.429. The Morgan fingerprint density at radius 1 is 1.26 bits per heavy atom. The van der Waals surface area contributed by atoms with Crippen molar-refractivity contribution in [2.75, 3.05) is 26.3 Å². The summed E-state index contributed by atoms with van der Waals surface area (Å²) < 4.78 is 35.0. The molecule has 3 aliphatic rings. The quantitative estimate of drug-likeness (QED) is 0.440. The number of ether oxygens (including phenoxy) is 1. The number of aliphatic imine (C=N–C) groups is 1. The van der Waals surface area contributed by atoms with Gasteiger partial charge in [0.25, 0.3) is 0 Å². The molecular weight excluding hydrogens is 536 g/mol. The van der Waals surface area contributed by atoms with Gasteiger partial charge in [-0.25, -0.2) is 18.7 Å². The van der Waals surface area contributed by atoms with Gasteiger partial charge in [0, 0.05) is 24.6 Å². The molecule has 1 aromatic carbocycles. The van der Waals surface area contributed by atoms with Gasteiger partial charge in [-0.1, -0.05) is 43.4 Å². The Morgan fingerprint density at radius 2 is 2.00 bits per heavy atom. The Morgan fingerprint density at radius 3 is 2.67 bits per heavy atom. The first-order valence-corrected chi connectivity index (χ1v) is 17.2. The van der Waals surface area contributed by atoms with Crippen molar-refractivity contribution < 1.29 is 18.3 Å². The van der Waals surface area contributed by atoms with Crippen molar-refractivity contribution in [2.24, 2.45) is 16.6 Å². The van der Waals surface area contributed by atoms with E-state index < -0.39 is 30.0 Å². The summed E-state index contributed by atoms with van der Waals surface area (Å²) >= 11 is 1.26. The average molecular weight is 568 g/mol. The molecule has 3 atom stereocenters. The van der Waals surface area contributed by atoms with Crippen LogP contribution in [0.25, 0.3) is 11.9 Å². The van der Waals surface area contributed by atoms with Gasteiger partial charge in [-0.05, 0) is 37.1 Å². The van der Waals surface area contributed by atoms with E-state index in [4.69, 9.17) is 10.5 Å². The molecule has 11 heteroatoms. The Labute approximate surface area is 232 Å². The number of fused-ring (bicyclic) bond motifs is 1. The molecule has 5 rings (SSSR count). The van der Waals surface area contributed by atoms with Gasteiger partial charge in [0.15, 0.2) is 11.0 Å². The molecule has 1 amide bonds. The number of amides is 1. The number of rotatable bonds is 4. The van der Waals surface area contributed by atoms with E-state index in [-0.39, 0.29) is 28.3 Å². The summed E-state index contributed by atoms with van der Waals surface area (Å²) in [6, 6.07) is 4.36. The maximum Gasteiger partial charge on any atom is 0.239 e. The number of carbonyl (C=O) groups is 1.